The fourth-order valence-electron chi connectivity index (χ4n) is 1.42. The van der Waals surface area contributed by atoms with E-state index in [9.17, 15) is 0 Å². The third kappa shape index (κ3) is 1.97. The lowest BCUT2D eigenvalue weighted by Gasteiger charge is -2.15. The molecule has 1 nitrogen and oxygen atoms in total. The molecule has 0 aliphatic heterocycles. The van der Waals surface area contributed by atoms with Crippen molar-refractivity contribution in [1.82, 2.24) is 0 Å². The molecular formula is C11H16ClN. The highest BCUT2D eigenvalue weighted by atomic mass is 35.5. The van der Waals surface area contributed by atoms with E-state index < -0.39 is 0 Å². The van der Waals surface area contributed by atoms with Gasteiger partial charge >= 0.3 is 0 Å². The highest BCUT2D eigenvalue weighted by Gasteiger charge is 2.12. The smallest absolute Gasteiger partial charge is 0.0461 e. The molecule has 0 aliphatic carbocycles. The molecule has 0 amide bonds. The monoisotopic (exact) mass is 197 g/mol. The van der Waals surface area contributed by atoms with Crippen molar-refractivity contribution in [3.8, 4) is 0 Å². The Balaban J connectivity index is 3.25. The van der Waals surface area contributed by atoms with Gasteiger partial charge in [-0.1, -0.05) is 31.5 Å². The molecule has 1 aromatic rings. The molecule has 2 heteroatoms. The second kappa shape index (κ2) is 4.01. The van der Waals surface area contributed by atoms with E-state index in [1.807, 2.05) is 19.1 Å². The number of anilines is 1. The molecule has 0 spiro atoms. The standard InChI is InChI=1S/C11H16ClN/c1-4-7(2)10-9(12)6-5-8(3)11(10)13/h5-7H,4,13H2,1-3H3. The van der Waals surface area contributed by atoms with Crippen molar-refractivity contribution in [3.05, 3.63) is 28.3 Å². The van der Waals surface area contributed by atoms with Crippen LogP contribution in [0, 0.1) is 6.92 Å². The maximum absolute atomic E-state index is 6.10. The molecule has 13 heavy (non-hydrogen) atoms. The second-order valence-corrected chi connectivity index (χ2v) is 3.91. The van der Waals surface area contributed by atoms with E-state index in [-0.39, 0.29) is 0 Å². The summed E-state index contributed by atoms with van der Waals surface area (Å²) in [6.45, 7) is 6.30. The lowest BCUT2D eigenvalue weighted by Crippen LogP contribution is -2.01. The molecule has 1 unspecified atom stereocenters. The zero-order chi connectivity index (χ0) is 10.0. The van der Waals surface area contributed by atoms with Crippen LogP contribution < -0.4 is 5.73 Å². The molecule has 0 radical (unpaired) electrons. The molecule has 1 atom stereocenters. The summed E-state index contributed by atoms with van der Waals surface area (Å²) in [6.07, 6.45) is 1.06. The van der Waals surface area contributed by atoms with E-state index in [0.717, 1.165) is 28.3 Å². The van der Waals surface area contributed by atoms with Gasteiger partial charge in [0, 0.05) is 10.7 Å². The number of rotatable bonds is 2. The summed E-state index contributed by atoms with van der Waals surface area (Å²) in [5, 5.41) is 0.789. The van der Waals surface area contributed by atoms with Crippen LogP contribution in [0.15, 0.2) is 12.1 Å². The Kier molecular flexibility index (Phi) is 3.21. The van der Waals surface area contributed by atoms with Crippen LogP contribution in [0.2, 0.25) is 5.02 Å². The number of aryl methyl sites for hydroxylation is 1. The molecule has 0 aromatic heterocycles. The number of halogens is 1. The van der Waals surface area contributed by atoms with Crippen molar-refractivity contribution in [1.29, 1.82) is 0 Å². The minimum atomic E-state index is 0.437. The first kappa shape index (κ1) is 10.4. The quantitative estimate of drug-likeness (QED) is 0.719. The molecule has 1 aromatic carbocycles. The molecule has 0 aliphatic rings. The molecular weight excluding hydrogens is 182 g/mol. The molecule has 0 saturated carbocycles. The van der Waals surface area contributed by atoms with E-state index in [4.69, 9.17) is 17.3 Å². The predicted octanol–water partition coefficient (Wildman–Crippen LogP) is 3.74. The van der Waals surface area contributed by atoms with Crippen LogP contribution in [0.1, 0.15) is 37.3 Å². The van der Waals surface area contributed by atoms with Gasteiger partial charge in [-0.25, -0.2) is 0 Å². The van der Waals surface area contributed by atoms with Gasteiger partial charge in [-0.15, -0.1) is 0 Å². The number of hydrogen-bond acceptors (Lipinski definition) is 1. The van der Waals surface area contributed by atoms with Gasteiger partial charge < -0.3 is 5.73 Å². The van der Waals surface area contributed by atoms with Crippen LogP contribution in [-0.2, 0) is 0 Å². The number of benzene rings is 1. The van der Waals surface area contributed by atoms with Crippen LogP contribution in [0.3, 0.4) is 0 Å². The fraction of sp³-hybridized carbons (Fsp3) is 0.455. The molecule has 1 rings (SSSR count). The average molecular weight is 198 g/mol. The number of nitrogens with two attached hydrogens (primary N) is 1. The first-order chi connectivity index (χ1) is 6.07. The largest absolute Gasteiger partial charge is 0.398 e. The summed E-state index contributed by atoms with van der Waals surface area (Å²) in [7, 11) is 0. The van der Waals surface area contributed by atoms with Crippen LogP contribution in [0.4, 0.5) is 5.69 Å². The van der Waals surface area contributed by atoms with Crippen molar-refractivity contribution >= 4 is 17.3 Å². The molecule has 0 saturated heterocycles. The maximum atomic E-state index is 6.10. The molecule has 2 N–H and O–H groups in total. The third-order valence-electron chi connectivity index (χ3n) is 2.56. The summed E-state index contributed by atoms with van der Waals surface area (Å²) < 4.78 is 0. The Morgan fingerprint density at radius 2 is 2.08 bits per heavy atom. The summed E-state index contributed by atoms with van der Waals surface area (Å²) in [6, 6.07) is 3.89. The minimum absolute atomic E-state index is 0.437. The fourth-order valence-corrected chi connectivity index (χ4v) is 1.77. The normalized spacial score (nSPS) is 12.9. The van der Waals surface area contributed by atoms with E-state index >= 15 is 0 Å². The molecule has 0 heterocycles. The van der Waals surface area contributed by atoms with Crippen LogP contribution in [-0.4, -0.2) is 0 Å². The van der Waals surface area contributed by atoms with Gasteiger partial charge in [-0.3, -0.25) is 0 Å². The topological polar surface area (TPSA) is 26.0 Å². The predicted molar refractivity (Wildman–Crippen MR) is 59.3 cm³/mol. The van der Waals surface area contributed by atoms with Crippen molar-refractivity contribution in [3.63, 3.8) is 0 Å². The lowest BCUT2D eigenvalue weighted by atomic mass is 9.95. The first-order valence-corrected chi connectivity index (χ1v) is 5.00. The Labute approximate surface area is 84.9 Å². The average Bonchev–Trinajstić information content (AvgIpc) is 2.12. The van der Waals surface area contributed by atoms with Gasteiger partial charge in [0.2, 0.25) is 0 Å². The second-order valence-electron chi connectivity index (χ2n) is 3.50. The Hall–Kier alpha value is -0.690. The number of hydrogen-bond donors (Lipinski definition) is 1. The van der Waals surface area contributed by atoms with Crippen LogP contribution in [0.5, 0.6) is 0 Å². The molecule has 0 fully saturated rings. The minimum Gasteiger partial charge on any atom is -0.398 e. The SMILES string of the molecule is CCC(C)c1c(Cl)ccc(C)c1N. The van der Waals surface area contributed by atoms with E-state index in [1.54, 1.807) is 0 Å². The lowest BCUT2D eigenvalue weighted by molar-refractivity contribution is 0.735. The Morgan fingerprint density at radius 1 is 1.46 bits per heavy atom. The summed E-state index contributed by atoms with van der Waals surface area (Å²) >= 11 is 6.10. The number of nitrogen functional groups attached to an aromatic ring is 1. The van der Waals surface area contributed by atoms with Crippen LogP contribution in [0.25, 0.3) is 0 Å². The van der Waals surface area contributed by atoms with Crippen molar-refractivity contribution < 1.29 is 0 Å². The third-order valence-corrected chi connectivity index (χ3v) is 2.89. The summed E-state index contributed by atoms with van der Waals surface area (Å²) in [5.41, 5.74) is 9.04. The molecule has 72 valence electrons. The van der Waals surface area contributed by atoms with Gasteiger partial charge in [0.25, 0.3) is 0 Å². The van der Waals surface area contributed by atoms with Crippen molar-refractivity contribution in [2.24, 2.45) is 0 Å². The first-order valence-electron chi connectivity index (χ1n) is 4.62. The van der Waals surface area contributed by atoms with Crippen molar-refractivity contribution in [2.75, 3.05) is 5.73 Å². The van der Waals surface area contributed by atoms with Gasteiger partial charge in [0.05, 0.1) is 0 Å². The Morgan fingerprint density at radius 3 is 2.62 bits per heavy atom. The van der Waals surface area contributed by atoms with Gasteiger partial charge in [0.15, 0.2) is 0 Å². The van der Waals surface area contributed by atoms with Crippen LogP contribution >= 0.6 is 11.6 Å². The maximum Gasteiger partial charge on any atom is 0.0461 e. The zero-order valence-electron chi connectivity index (χ0n) is 8.39. The van der Waals surface area contributed by atoms with E-state index in [2.05, 4.69) is 13.8 Å². The zero-order valence-corrected chi connectivity index (χ0v) is 9.15. The highest BCUT2D eigenvalue weighted by molar-refractivity contribution is 6.31. The highest BCUT2D eigenvalue weighted by Crippen LogP contribution is 2.33. The van der Waals surface area contributed by atoms with Gasteiger partial charge in [0.1, 0.15) is 0 Å². The van der Waals surface area contributed by atoms with Crippen molar-refractivity contribution in [2.45, 2.75) is 33.1 Å². The summed E-state index contributed by atoms with van der Waals surface area (Å²) in [4.78, 5) is 0. The van der Waals surface area contributed by atoms with Gasteiger partial charge in [-0.2, -0.15) is 0 Å². The summed E-state index contributed by atoms with van der Waals surface area (Å²) in [5.74, 6) is 0.437. The van der Waals surface area contributed by atoms with E-state index in [1.165, 1.54) is 0 Å². The van der Waals surface area contributed by atoms with Gasteiger partial charge in [-0.05, 0) is 36.5 Å². The Bertz CT molecular complexity index is 307. The van der Waals surface area contributed by atoms with E-state index in [0.29, 0.717) is 5.92 Å². The molecule has 0 bridgehead atoms.